The Hall–Kier alpha value is -3.39. The molecule has 1 saturated heterocycles. The lowest BCUT2D eigenvalue weighted by Gasteiger charge is -2.36. The molecular formula is C26H28F3N5. The van der Waals surface area contributed by atoms with Crippen molar-refractivity contribution < 1.29 is 13.2 Å². The van der Waals surface area contributed by atoms with Crippen LogP contribution in [0.25, 0.3) is 11.3 Å². The first kappa shape index (κ1) is 23.8. The minimum absolute atomic E-state index is 0.580. The van der Waals surface area contributed by atoms with Gasteiger partial charge in [-0.3, -0.25) is 4.90 Å². The van der Waals surface area contributed by atoms with Crippen LogP contribution in [-0.2, 0) is 6.18 Å². The van der Waals surface area contributed by atoms with Gasteiger partial charge in [-0.1, -0.05) is 24.8 Å². The van der Waals surface area contributed by atoms with Gasteiger partial charge in [-0.15, -0.1) is 0 Å². The zero-order valence-electron chi connectivity index (χ0n) is 19.4. The summed E-state index contributed by atoms with van der Waals surface area (Å²) in [6, 6.07) is 10.8. The minimum atomic E-state index is -4.37. The van der Waals surface area contributed by atoms with E-state index in [-0.39, 0.29) is 0 Å². The zero-order chi connectivity index (χ0) is 24.3. The number of hydrogen-bond acceptors (Lipinski definition) is 4. The van der Waals surface area contributed by atoms with Crippen molar-refractivity contribution in [3.8, 4) is 5.69 Å². The highest BCUT2D eigenvalue weighted by atomic mass is 19.4. The highest BCUT2D eigenvalue weighted by Gasteiger charge is 2.31. The number of allylic oxidation sites excluding steroid dienone is 1. The number of rotatable bonds is 6. The number of aromatic nitrogens is 3. The summed E-state index contributed by atoms with van der Waals surface area (Å²) in [4.78, 5) is 12.7. The number of pyridine rings is 1. The Labute approximate surface area is 197 Å². The van der Waals surface area contributed by atoms with Gasteiger partial charge in [0.2, 0.25) is 0 Å². The van der Waals surface area contributed by atoms with Gasteiger partial charge >= 0.3 is 6.18 Å². The van der Waals surface area contributed by atoms with E-state index < -0.39 is 11.7 Å². The van der Waals surface area contributed by atoms with Crippen molar-refractivity contribution in [3.63, 3.8) is 0 Å². The van der Waals surface area contributed by atoms with E-state index in [1.807, 2.05) is 29.5 Å². The van der Waals surface area contributed by atoms with E-state index in [0.29, 0.717) is 18.9 Å². The molecule has 0 aliphatic carbocycles. The normalized spacial score (nSPS) is 15.6. The molecule has 0 saturated carbocycles. The van der Waals surface area contributed by atoms with Gasteiger partial charge in [-0.2, -0.15) is 13.2 Å². The molecule has 8 heteroatoms. The van der Waals surface area contributed by atoms with Crippen LogP contribution in [-0.4, -0.2) is 52.2 Å². The molecule has 1 aliphatic heterocycles. The molecule has 34 heavy (non-hydrogen) atoms. The second-order valence-corrected chi connectivity index (χ2v) is 8.43. The van der Waals surface area contributed by atoms with Crippen LogP contribution in [0.15, 0.2) is 73.3 Å². The van der Waals surface area contributed by atoms with Gasteiger partial charge in [0.25, 0.3) is 0 Å². The Balaban J connectivity index is 1.34. The monoisotopic (exact) mass is 467 g/mol. The molecule has 0 N–H and O–H groups in total. The van der Waals surface area contributed by atoms with Gasteiger partial charge in [0.15, 0.2) is 0 Å². The van der Waals surface area contributed by atoms with E-state index in [9.17, 15) is 13.2 Å². The highest BCUT2D eigenvalue weighted by molar-refractivity contribution is 5.78. The fraction of sp³-hybridized carbons (Fsp3) is 0.308. The molecule has 0 amide bonds. The molecule has 3 aromatic rings. The molecular weight excluding hydrogens is 439 g/mol. The van der Waals surface area contributed by atoms with E-state index in [1.165, 1.54) is 6.07 Å². The number of aryl methyl sites for hydroxylation is 1. The van der Waals surface area contributed by atoms with Crippen molar-refractivity contribution in [2.24, 2.45) is 0 Å². The molecule has 0 spiro atoms. The van der Waals surface area contributed by atoms with Gasteiger partial charge in [0.1, 0.15) is 5.82 Å². The number of hydrogen-bond donors (Lipinski definition) is 0. The van der Waals surface area contributed by atoms with Gasteiger partial charge < -0.3 is 9.47 Å². The second kappa shape index (κ2) is 9.85. The van der Waals surface area contributed by atoms with E-state index in [1.54, 1.807) is 6.33 Å². The quantitative estimate of drug-likeness (QED) is 0.457. The fourth-order valence-corrected chi connectivity index (χ4v) is 4.06. The van der Waals surface area contributed by atoms with E-state index >= 15 is 0 Å². The number of benzene rings is 1. The molecule has 1 aliphatic rings. The van der Waals surface area contributed by atoms with Crippen LogP contribution >= 0.6 is 0 Å². The maximum Gasteiger partial charge on any atom is 0.417 e. The third kappa shape index (κ3) is 5.39. The summed E-state index contributed by atoms with van der Waals surface area (Å²) in [5.74, 6) is 0.580. The van der Waals surface area contributed by atoms with Crippen LogP contribution in [0, 0.1) is 6.92 Å². The maximum absolute atomic E-state index is 12.8. The Kier molecular flexibility index (Phi) is 6.88. The topological polar surface area (TPSA) is 37.2 Å². The van der Waals surface area contributed by atoms with Crippen molar-refractivity contribution in [2.75, 3.05) is 37.6 Å². The molecule has 0 bridgehead atoms. The number of anilines is 1. The molecule has 5 nitrogen and oxygen atoms in total. The van der Waals surface area contributed by atoms with Crippen molar-refractivity contribution in [1.82, 2.24) is 19.4 Å². The SMILES string of the molecule is C=C(/C(=C\C)CN1CCN(c2ccc(C(F)(F)F)cn2)CC1)c1ccc(-n2cnc(C)c2)cc1. The summed E-state index contributed by atoms with van der Waals surface area (Å²) in [6.07, 6.45) is 2.42. The van der Waals surface area contributed by atoms with Gasteiger partial charge in [0, 0.05) is 50.8 Å². The third-order valence-corrected chi connectivity index (χ3v) is 6.13. The maximum atomic E-state index is 12.8. The molecule has 1 fully saturated rings. The number of imidazole rings is 1. The molecule has 0 atom stereocenters. The standard InChI is InChI=1S/C26H28F3N5/c1-4-21(20(3)22-5-8-24(9-6-22)34-16-19(2)31-18-34)17-32-11-13-33(14-12-32)25-10-7-23(15-30-25)26(27,28)29/h4-10,15-16,18H,3,11-14,17H2,1-2H3/b21-4-. The summed E-state index contributed by atoms with van der Waals surface area (Å²) >= 11 is 0. The van der Waals surface area contributed by atoms with E-state index in [4.69, 9.17) is 0 Å². The molecule has 1 aromatic carbocycles. The predicted octanol–water partition coefficient (Wildman–Crippen LogP) is 5.38. The van der Waals surface area contributed by atoms with Crippen molar-refractivity contribution in [3.05, 3.63) is 90.2 Å². The Morgan fingerprint density at radius 3 is 2.26 bits per heavy atom. The van der Waals surface area contributed by atoms with Crippen molar-refractivity contribution in [2.45, 2.75) is 20.0 Å². The first-order valence-electron chi connectivity index (χ1n) is 11.2. The average molecular weight is 468 g/mol. The summed E-state index contributed by atoms with van der Waals surface area (Å²) in [7, 11) is 0. The van der Waals surface area contributed by atoms with Crippen molar-refractivity contribution >= 4 is 11.4 Å². The Morgan fingerprint density at radius 2 is 1.74 bits per heavy atom. The van der Waals surface area contributed by atoms with Gasteiger partial charge in [-0.25, -0.2) is 9.97 Å². The average Bonchev–Trinajstić information content (AvgIpc) is 3.28. The largest absolute Gasteiger partial charge is 0.417 e. The molecule has 0 radical (unpaired) electrons. The van der Waals surface area contributed by atoms with Crippen molar-refractivity contribution in [1.29, 1.82) is 0 Å². The molecule has 0 unspecified atom stereocenters. The number of halogens is 3. The lowest BCUT2D eigenvalue weighted by Crippen LogP contribution is -2.47. The van der Waals surface area contributed by atoms with Crippen LogP contribution in [0.5, 0.6) is 0 Å². The van der Waals surface area contributed by atoms with Gasteiger partial charge in [0.05, 0.1) is 17.6 Å². The molecule has 4 rings (SSSR count). The first-order chi connectivity index (χ1) is 16.2. The van der Waals surface area contributed by atoms with E-state index in [2.05, 4.69) is 51.8 Å². The summed E-state index contributed by atoms with van der Waals surface area (Å²) in [6.45, 7) is 12.1. The zero-order valence-corrected chi connectivity index (χ0v) is 19.4. The van der Waals surface area contributed by atoms with Crippen LogP contribution < -0.4 is 4.90 Å². The van der Waals surface area contributed by atoms with Gasteiger partial charge in [-0.05, 0) is 54.8 Å². The Morgan fingerprint density at radius 1 is 1.03 bits per heavy atom. The fourth-order valence-electron chi connectivity index (χ4n) is 4.06. The third-order valence-electron chi connectivity index (χ3n) is 6.13. The second-order valence-electron chi connectivity index (χ2n) is 8.43. The number of piperazine rings is 1. The first-order valence-corrected chi connectivity index (χ1v) is 11.2. The number of nitrogens with zero attached hydrogens (tertiary/aromatic N) is 5. The smallest absolute Gasteiger partial charge is 0.354 e. The van der Waals surface area contributed by atoms with Crippen LogP contribution in [0.3, 0.4) is 0 Å². The molecule has 178 valence electrons. The number of alkyl halides is 3. The Bertz CT molecular complexity index is 1150. The lowest BCUT2D eigenvalue weighted by atomic mass is 9.98. The summed E-state index contributed by atoms with van der Waals surface area (Å²) in [5.41, 5.74) is 4.52. The summed E-state index contributed by atoms with van der Waals surface area (Å²) < 4.78 is 40.3. The van der Waals surface area contributed by atoms with Crippen LogP contribution in [0.1, 0.15) is 23.7 Å². The van der Waals surface area contributed by atoms with Crippen LogP contribution in [0.4, 0.5) is 19.0 Å². The highest BCUT2D eigenvalue weighted by Crippen LogP contribution is 2.30. The minimum Gasteiger partial charge on any atom is -0.354 e. The van der Waals surface area contributed by atoms with Crippen LogP contribution in [0.2, 0.25) is 0 Å². The molecule has 3 heterocycles. The molecule has 2 aromatic heterocycles. The lowest BCUT2D eigenvalue weighted by molar-refractivity contribution is -0.137. The summed E-state index contributed by atoms with van der Waals surface area (Å²) in [5, 5.41) is 0. The van der Waals surface area contributed by atoms with E-state index in [0.717, 1.165) is 60.0 Å². The predicted molar refractivity (Wildman–Crippen MR) is 129 cm³/mol.